The van der Waals surface area contributed by atoms with E-state index in [2.05, 4.69) is 54.4 Å². The molecule has 4 aromatic rings. The Kier molecular flexibility index (Phi) is 5.23. The van der Waals surface area contributed by atoms with Crippen molar-refractivity contribution in [2.45, 2.75) is 16.7 Å². The Morgan fingerprint density at radius 2 is 1.81 bits per heavy atom. The average Bonchev–Trinajstić information content (AvgIpc) is 2.83. The summed E-state index contributed by atoms with van der Waals surface area (Å²) in [7, 11) is 3.68. The molecule has 0 fully saturated rings. The van der Waals surface area contributed by atoms with Crippen LogP contribution in [-0.4, -0.2) is 31.7 Å². The van der Waals surface area contributed by atoms with Crippen molar-refractivity contribution in [2.24, 2.45) is 0 Å². The Bertz CT molecular complexity index is 1350. The third-order valence-corrected chi connectivity index (χ3v) is 6.70. The number of fused-ring (bicyclic) bond motifs is 3. The molecule has 5 rings (SSSR count). The highest BCUT2D eigenvalue weighted by atomic mass is 32.2. The molecular formula is C26H22N2O3S. The molecule has 5 nitrogen and oxygen atoms in total. The van der Waals surface area contributed by atoms with E-state index in [0.717, 1.165) is 22.5 Å². The number of anilines is 2. The van der Waals surface area contributed by atoms with E-state index in [-0.39, 0.29) is 5.97 Å². The van der Waals surface area contributed by atoms with Crippen molar-refractivity contribution < 1.29 is 14.3 Å². The average molecular weight is 443 g/mol. The number of hydrogen-bond acceptors (Lipinski definition) is 6. The Morgan fingerprint density at radius 1 is 1.00 bits per heavy atom. The summed E-state index contributed by atoms with van der Waals surface area (Å²) in [6.45, 7) is 2.11. The maximum absolute atomic E-state index is 12.8. The maximum Gasteiger partial charge on any atom is 0.338 e. The molecule has 160 valence electrons. The highest BCUT2D eigenvalue weighted by Gasteiger charge is 2.22. The number of benzene rings is 3. The number of para-hydroxylation sites is 1. The van der Waals surface area contributed by atoms with E-state index >= 15 is 0 Å². The summed E-state index contributed by atoms with van der Waals surface area (Å²) in [5.74, 6) is 0.303. The van der Waals surface area contributed by atoms with Crippen LogP contribution in [0.1, 0.15) is 17.3 Å². The van der Waals surface area contributed by atoms with E-state index in [9.17, 15) is 4.79 Å². The van der Waals surface area contributed by atoms with Crippen molar-refractivity contribution >= 4 is 40.0 Å². The Morgan fingerprint density at radius 3 is 2.62 bits per heavy atom. The Hall–Kier alpha value is -3.51. The van der Waals surface area contributed by atoms with E-state index < -0.39 is 0 Å². The number of pyridine rings is 1. The molecule has 0 N–H and O–H groups in total. The zero-order valence-corrected chi connectivity index (χ0v) is 18.9. The van der Waals surface area contributed by atoms with E-state index in [1.54, 1.807) is 25.8 Å². The van der Waals surface area contributed by atoms with Crippen LogP contribution in [0.2, 0.25) is 0 Å². The molecule has 0 amide bonds. The summed E-state index contributed by atoms with van der Waals surface area (Å²) in [6, 6.07) is 22.0. The monoisotopic (exact) mass is 442 g/mol. The first-order chi connectivity index (χ1) is 15.6. The molecule has 0 spiro atoms. The molecule has 0 aliphatic carbocycles. The third kappa shape index (κ3) is 3.46. The molecule has 0 saturated carbocycles. The number of carbonyl (C=O) groups excluding carboxylic acids is 1. The summed E-state index contributed by atoms with van der Waals surface area (Å²) < 4.78 is 10.7. The molecule has 0 unspecified atom stereocenters. The van der Waals surface area contributed by atoms with Crippen LogP contribution in [-0.2, 0) is 4.74 Å². The summed E-state index contributed by atoms with van der Waals surface area (Å²) in [6.07, 6.45) is 0. The molecule has 1 aliphatic rings. The second-order valence-electron chi connectivity index (χ2n) is 7.47. The molecule has 0 bridgehead atoms. The van der Waals surface area contributed by atoms with Crippen LogP contribution < -0.4 is 9.64 Å². The van der Waals surface area contributed by atoms with Crippen LogP contribution in [0.4, 0.5) is 11.4 Å². The zero-order valence-electron chi connectivity index (χ0n) is 18.1. The maximum atomic E-state index is 12.8. The lowest BCUT2D eigenvalue weighted by molar-refractivity contribution is 0.0528. The largest absolute Gasteiger partial charge is 0.497 e. The van der Waals surface area contributed by atoms with Gasteiger partial charge in [0.05, 0.1) is 41.9 Å². The molecule has 6 heteroatoms. The van der Waals surface area contributed by atoms with E-state index in [0.29, 0.717) is 23.3 Å². The van der Waals surface area contributed by atoms with Crippen molar-refractivity contribution in [3.05, 3.63) is 72.3 Å². The van der Waals surface area contributed by atoms with Gasteiger partial charge < -0.3 is 14.4 Å². The van der Waals surface area contributed by atoms with Gasteiger partial charge in [0.1, 0.15) is 5.75 Å². The number of aromatic nitrogens is 1. The number of esters is 1. The highest BCUT2D eigenvalue weighted by Crippen LogP contribution is 2.48. The third-order valence-electron chi connectivity index (χ3n) is 5.57. The predicted molar refractivity (Wildman–Crippen MR) is 128 cm³/mol. The first-order valence-corrected chi connectivity index (χ1v) is 11.2. The van der Waals surface area contributed by atoms with Gasteiger partial charge in [-0.05, 0) is 55.5 Å². The van der Waals surface area contributed by atoms with Crippen molar-refractivity contribution in [3.63, 3.8) is 0 Å². The quantitative estimate of drug-likeness (QED) is 0.345. The van der Waals surface area contributed by atoms with Gasteiger partial charge in [-0.2, -0.15) is 0 Å². The summed E-state index contributed by atoms with van der Waals surface area (Å²) >= 11 is 1.76. The molecule has 0 atom stereocenters. The minimum absolute atomic E-state index is 0.308. The number of carbonyl (C=O) groups is 1. The molecule has 32 heavy (non-hydrogen) atoms. The van der Waals surface area contributed by atoms with E-state index in [1.807, 2.05) is 24.3 Å². The molecule has 0 radical (unpaired) electrons. The van der Waals surface area contributed by atoms with Crippen molar-refractivity contribution in [1.29, 1.82) is 0 Å². The second kappa shape index (κ2) is 8.20. The van der Waals surface area contributed by atoms with Crippen molar-refractivity contribution in [1.82, 2.24) is 4.98 Å². The lowest BCUT2D eigenvalue weighted by atomic mass is 10.0. The number of methoxy groups -OCH3 is 1. The first kappa shape index (κ1) is 20.4. The fourth-order valence-corrected chi connectivity index (χ4v) is 5.08. The van der Waals surface area contributed by atoms with Gasteiger partial charge in [-0.15, -0.1) is 0 Å². The number of hydrogen-bond donors (Lipinski definition) is 0. The lowest BCUT2D eigenvalue weighted by Gasteiger charge is -2.29. The molecule has 2 heterocycles. The van der Waals surface area contributed by atoms with Gasteiger partial charge in [-0.3, -0.25) is 0 Å². The zero-order chi connectivity index (χ0) is 22.2. The predicted octanol–water partition coefficient (Wildman–Crippen LogP) is 6.32. The van der Waals surface area contributed by atoms with Gasteiger partial charge in [-0.25, -0.2) is 9.78 Å². The van der Waals surface area contributed by atoms with Gasteiger partial charge in [-0.1, -0.05) is 30.0 Å². The van der Waals surface area contributed by atoms with Gasteiger partial charge in [0, 0.05) is 27.8 Å². The summed E-state index contributed by atoms with van der Waals surface area (Å²) in [5.41, 5.74) is 5.16. The number of nitrogens with zero attached hydrogens (tertiary/aromatic N) is 2. The number of rotatable bonds is 4. The van der Waals surface area contributed by atoms with Crippen LogP contribution >= 0.6 is 11.8 Å². The fraction of sp³-hybridized carbons (Fsp3) is 0.154. The van der Waals surface area contributed by atoms with Crippen LogP contribution in [0, 0.1) is 0 Å². The Balaban J connectivity index is 1.64. The van der Waals surface area contributed by atoms with Gasteiger partial charge in [0.25, 0.3) is 0 Å². The SMILES string of the molecule is CCOC(=O)c1cc(-c2ccc3c(c2)N(C)c2ccccc2S3)nc2ccc(OC)cc12. The normalized spacial score (nSPS) is 12.3. The molecule has 0 saturated heterocycles. The van der Waals surface area contributed by atoms with Gasteiger partial charge in [0.15, 0.2) is 0 Å². The second-order valence-corrected chi connectivity index (χ2v) is 8.55. The first-order valence-electron chi connectivity index (χ1n) is 10.4. The van der Waals surface area contributed by atoms with E-state index in [4.69, 9.17) is 14.5 Å². The van der Waals surface area contributed by atoms with E-state index in [1.165, 1.54) is 15.5 Å². The van der Waals surface area contributed by atoms with Gasteiger partial charge >= 0.3 is 5.97 Å². The van der Waals surface area contributed by atoms with Crippen molar-refractivity contribution in [3.8, 4) is 17.0 Å². The minimum atomic E-state index is -0.367. The topological polar surface area (TPSA) is 51.7 Å². The minimum Gasteiger partial charge on any atom is -0.497 e. The standard InChI is InChI=1S/C26H22N2O3S/c1-4-31-26(29)19-15-21(27-20-11-10-17(30-3)14-18(19)20)16-9-12-25-23(13-16)28(2)22-7-5-6-8-24(22)32-25/h5-15H,4H2,1-3H3. The molecule has 1 aromatic heterocycles. The fourth-order valence-electron chi connectivity index (χ4n) is 3.95. The van der Waals surface area contributed by atoms with Crippen LogP contribution in [0.15, 0.2) is 76.5 Å². The Labute approximate surface area is 191 Å². The molecule has 1 aliphatic heterocycles. The number of ether oxygens (including phenoxy) is 2. The summed E-state index contributed by atoms with van der Waals surface area (Å²) in [5, 5.41) is 0.714. The van der Waals surface area contributed by atoms with Crippen LogP contribution in [0.25, 0.3) is 22.2 Å². The lowest BCUT2D eigenvalue weighted by Crippen LogP contribution is -2.14. The molecular weight excluding hydrogens is 420 g/mol. The van der Waals surface area contributed by atoms with Crippen LogP contribution in [0.3, 0.4) is 0 Å². The smallest absolute Gasteiger partial charge is 0.338 e. The summed E-state index contributed by atoms with van der Waals surface area (Å²) in [4.78, 5) is 22.2. The molecule has 3 aromatic carbocycles. The van der Waals surface area contributed by atoms with Gasteiger partial charge in [0.2, 0.25) is 0 Å². The van der Waals surface area contributed by atoms with Crippen LogP contribution in [0.5, 0.6) is 5.75 Å². The highest BCUT2D eigenvalue weighted by molar-refractivity contribution is 7.99. The van der Waals surface area contributed by atoms with Crippen molar-refractivity contribution in [2.75, 3.05) is 25.7 Å².